The maximum atomic E-state index is 6.13. The Hall–Kier alpha value is -1.27. The van der Waals surface area contributed by atoms with Crippen LogP contribution in [0.5, 0.6) is 0 Å². The third kappa shape index (κ3) is 2.69. The summed E-state index contributed by atoms with van der Waals surface area (Å²) in [5.74, 6) is 1.36. The van der Waals surface area contributed by atoms with Crippen LogP contribution in [0.1, 0.15) is 37.5 Å². The molecule has 2 aromatic heterocycles. The van der Waals surface area contributed by atoms with E-state index in [-0.39, 0.29) is 12.0 Å². The minimum atomic E-state index is 0.125. The molecule has 1 saturated carbocycles. The average Bonchev–Trinajstić information content (AvgIpc) is 2.89. The summed E-state index contributed by atoms with van der Waals surface area (Å²) in [6, 6.07) is 3.89. The molecule has 1 aliphatic carbocycles. The summed E-state index contributed by atoms with van der Waals surface area (Å²) >= 11 is 3.35. The van der Waals surface area contributed by atoms with Gasteiger partial charge in [-0.15, -0.1) is 0 Å². The number of pyridine rings is 1. The summed E-state index contributed by atoms with van der Waals surface area (Å²) in [7, 11) is 0. The lowest BCUT2D eigenvalue weighted by molar-refractivity contribution is 0.290. The van der Waals surface area contributed by atoms with Crippen molar-refractivity contribution in [2.45, 2.75) is 37.6 Å². The summed E-state index contributed by atoms with van der Waals surface area (Å²) in [5, 5.41) is 4.01. The van der Waals surface area contributed by atoms with Crippen molar-refractivity contribution >= 4 is 15.9 Å². The van der Waals surface area contributed by atoms with Crippen molar-refractivity contribution in [2.75, 3.05) is 0 Å². The minimum absolute atomic E-state index is 0.125. The van der Waals surface area contributed by atoms with Gasteiger partial charge >= 0.3 is 0 Å². The fraction of sp³-hybridized carbons (Fsp3) is 0.462. The molecule has 2 unspecified atom stereocenters. The largest absolute Gasteiger partial charge is 0.339 e. The Balaban J connectivity index is 1.84. The molecule has 2 heterocycles. The highest BCUT2D eigenvalue weighted by Crippen LogP contribution is 2.31. The Morgan fingerprint density at radius 3 is 2.84 bits per heavy atom. The number of hydrogen-bond donors (Lipinski definition) is 1. The number of halogens is 1. The lowest BCUT2D eigenvalue weighted by Gasteiger charge is -2.25. The van der Waals surface area contributed by atoms with Gasteiger partial charge in [-0.25, -0.2) is 0 Å². The molecule has 1 aliphatic rings. The van der Waals surface area contributed by atoms with E-state index in [1.165, 1.54) is 12.8 Å². The van der Waals surface area contributed by atoms with Gasteiger partial charge in [0.2, 0.25) is 11.7 Å². The fourth-order valence-corrected chi connectivity index (χ4v) is 2.70. The highest BCUT2D eigenvalue weighted by molar-refractivity contribution is 9.10. The van der Waals surface area contributed by atoms with Crippen LogP contribution in [-0.4, -0.2) is 21.2 Å². The molecule has 6 heteroatoms. The van der Waals surface area contributed by atoms with Gasteiger partial charge in [0.05, 0.1) is 5.92 Å². The zero-order valence-electron chi connectivity index (χ0n) is 10.4. The predicted molar refractivity (Wildman–Crippen MR) is 74.4 cm³/mol. The lowest BCUT2D eigenvalue weighted by Crippen LogP contribution is -2.31. The van der Waals surface area contributed by atoms with Crippen LogP contribution in [0.4, 0.5) is 0 Å². The molecule has 2 aromatic rings. The fourth-order valence-electron chi connectivity index (χ4n) is 2.46. The van der Waals surface area contributed by atoms with Crippen LogP contribution in [0.2, 0.25) is 0 Å². The summed E-state index contributed by atoms with van der Waals surface area (Å²) in [5.41, 5.74) is 6.84. The maximum Gasteiger partial charge on any atom is 0.231 e. The van der Waals surface area contributed by atoms with Gasteiger partial charge in [-0.05, 0) is 40.9 Å². The van der Waals surface area contributed by atoms with Gasteiger partial charge in [0, 0.05) is 16.7 Å². The van der Waals surface area contributed by atoms with E-state index >= 15 is 0 Å². The second-order valence-electron chi connectivity index (χ2n) is 4.87. The SMILES string of the molecule is NC1CCCCC1c1nc(-c2ccc(Br)cn2)no1. The summed E-state index contributed by atoms with van der Waals surface area (Å²) < 4.78 is 6.29. The number of nitrogens with two attached hydrogens (primary N) is 1. The van der Waals surface area contributed by atoms with Gasteiger partial charge in [0.15, 0.2) is 0 Å². The molecule has 0 aliphatic heterocycles. The average molecular weight is 323 g/mol. The molecule has 0 saturated heterocycles. The molecule has 0 spiro atoms. The maximum absolute atomic E-state index is 6.13. The van der Waals surface area contributed by atoms with E-state index in [1.54, 1.807) is 6.20 Å². The quantitative estimate of drug-likeness (QED) is 0.919. The van der Waals surface area contributed by atoms with E-state index in [1.807, 2.05) is 12.1 Å². The molecule has 0 radical (unpaired) electrons. The van der Waals surface area contributed by atoms with E-state index in [2.05, 4.69) is 31.1 Å². The van der Waals surface area contributed by atoms with Crippen LogP contribution in [0, 0.1) is 0 Å². The molecule has 0 bridgehead atoms. The number of nitrogens with zero attached hydrogens (tertiary/aromatic N) is 3. The van der Waals surface area contributed by atoms with E-state index in [0.717, 1.165) is 17.3 Å². The van der Waals surface area contributed by atoms with Crippen LogP contribution >= 0.6 is 15.9 Å². The van der Waals surface area contributed by atoms with Crippen molar-refractivity contribution in [2.24, 2.45) is 5.73 Å². The topological polar surface area (TPSA) is 77.8 Å². The first-order valence-electron chi connectivity index (χ1n) is 6.45. The highest BCUT2D eigenvalue weighted by Gasteiger charge is 2.28. The number of aromatic nitrogens is 3. The van der Waals surface area contributed by atoms with Crippen LogP contribution < -0.4 is 5.73 Å². The normalized spacial score (nSPS) is 23.5. The monoisotopic (exact) mass is 322 g/mol. The van der Waals surface area contributed by atoms with Gasteiger partial charge in [-0.3, -0.25) is 4.98 Å². The van der Waals surface area contributed by atoms with Crippen molar-refractivity contribution in [1.29, 1.82) is 0 Å². The third-order valence-corrected chi connectivity index (χ3v) is 4.00. The van der Waals surface area contributed by atoms with Crippen molar-refractivity contribution in [3.8, 4) is 11.5 Å². The zero-order chi connectivity index (χ0) is 13.2. The molecule has 3 rings (SSSR count). The number of hydrogen-bond acceptors (Lipinski definition) is 5. The molecule has 19 heavy (non-hydrogen) atoms. The van der Waals surface area contributed by atoms with Crippen molar-refractivity contribution in [1.82, 2.24) is 15.1 Å². The Bertz CT molecular complexity index is 554. The van der Waals surface area contributed by atoms with Crippen molar-refractivity contribution in [3.05, 3.63) is 28.7 Å². The molecule has 2 N–H and O–H groups in total. The molecular weight excluding hydrogens is 308 g/mol. The summed E-state index contributed by atoms with van der Waals surface area (Å²) in [4.78, 5) is 8.71. The molecule has 0 amide bonds. The lowest BCUT2D eigenvalue weighted by atomic mass is 9.85. The van der Waals surface area contributed by atoms with Crippen LogP contribution in [0.25, 0.3) is 11.5 Å². The molecular formula is C13H15BrN4O. The van der Waals surface area contributed by atoms with E-state index in [0.29, 0.717) is 17.4 Å². The molecule has 100 valence electrons. The third-order valence-electron chi connectivity index (χ3n) is 3.53. The first-order valence-corrected chi connectivity index (χ1v) is 7.24. The zero-order valence-corrected chi connectivity index (χ0v) is 12.0. The van der Waals surface area contributed by atoms with Gasteiger partial charge < -0.3 is 10.3 Å². The first-order chi connectivity index (χ1) is 9.24. The molecule has 2 atom stereocenters. The van der Waals surface area contributed by atoms with Gasteiger partial charge in [-0.1, -0.05) is 18.0 Å². The van der Waals surface area contributed by atoms with Crippen molar-refractivity contribution < 1.29 is 4.52 Å². The number of rotatable bonds is 2. The standard InChI is InChI=1S/C13H15BrN4O/c14-8-5-6-11(16-7-8)12-17-13(19-18-12)9-3-1-2-4-10(9)15/h5-7,9-10H,1-4,15H2. The molecule has 0 aromatic carbocycles. The molecule has 5 nitrogen and oxygen atoms in total. The van der Waals surface area contributed by atoms with Gasteiger partial charge in [-0.2, -0.15) is 4.98 Å². The predicted octanol–water partition coefficient (Wildman–Crippen LogP) is 2.88. The van der Waals surface area contributed by atoms with Gasteiger partial charge in [0.25, 0.3) is 0 Å². The Morgan fingerprint density at radius 2 is 2.11 bits per heavy atom. The summed E-state index contributed by atoms with van der Waals surface area (Å²) in [6.45, 7) is 0. The van der Waals surface area contributed by atoms with Crippen LogP contribution in [0.3, 0.4) is 0 Å². The summed E-state index contributed by atoms with van der Waals surface area (Å²) in [6.07, 6.45) is 6.13. The van der Waals surface area contributed by atoms with Crippen LogP contribution in [-0.2, 0) is 0 Å². The second kappa shape index (κ2) is 5.38. The Labute approximate surface area is 119 Å². The minimum Gasteiger partial charge on any atom is -0.339 e. The van der Waals surface area contributed by atoms with E-state index in [9.17, 15) is 0 Å². The highest BCUT2D eigenvalue weighted by atomic mass is 79.9. The Kier molecular flexibility index (Phi) is 3.61. The van der Waals surface area contributed by atoms with Crippen LogP contribution in [0.15, 0.2) is 27.3 Å². The van der Waals surface area contributed by atoms with E-state index in [4.69, 9.17) is 10.3 Å². The molecule has 1 fully saturated rings. The Morgan fingerprint density at radius 1 is 1.26 bits per heavy atom. The van der Waals surface area contributed by atoms with Crippen molar-refractivity contribution in [3.63, 3.8) is 0 Å². The second-order valence-corrected chi connectivity index (χ2v) is 5.79. The first kappa shape index (κ1) is 12.7. The van der Waals surface area contributed by atoms with E-state index < -0.39 is 0 Å². The van der Waals surface area contributed by atoms with Gasteiger partial charge in [0.1, 0.15) is 5.69 Å². The smallest absolute Gasteiger partial charge is 0.231 e.